The molecule has 6 nitrogen and oxygen atoms in total. The molecule has 1 saturated heterocycles. The summed E-state index contributed by atoms with van der Waals surface area (Å²) in [5.41, 5.74) is 0.480. The summed E-state index contributed by atoms with van der Waals surface area (Å²) >= 11 is 0. The standard InChI is InChI=1S/C12H16N2O4/c1-17-7-5-13-3-4-14(8-11(13)15)12(16)10-2-6-18-9-10/h2,6,9H,3-5,7-8H2,1H3. The van der Waals surface area contributed by atoms with Crippen molar-refractivity contribution in [1.82, 2.24) is 9.80 Å². The quantitative estimate of drug-likeness (QED) is 0.768. The molecule has 2 amide bonds. The van der Waals surface area contributed by atoms with E-state index < -0.39 is 0 Å². The van der Waals surface area contributed by atoms with Gasteiger partial charge in [0.1, 0.15) is 12.8 Å². The highest BCUT2D eigenvalue weighted by Crippen LogP contribution is 2.09. The van der Waals surface area contributed by atoms with Crippen LogP contribution in [0.3, 0.4) is 0 Å². The number of hydrogen-bond acceptors (Lipinski definition) is 4. The van der Waals surface area contributed by atoms with Crippen molar-refractivity contribution >= 4 is 11.8 Å². The largest absolute Gasteiger partial charge is 0.472 e. The van der Waals surface area contributed by atoms with Gasteiger partial charge in [-0.25, -0.2) is 0 Å². The number of rotatable bonds is 4. The molecule has 0 unspecified atom stereocenters. The first-order chi connectivity index (χ1) is 8.72. The zero-order valence-corrected chi connectivity index (χ0v) is 10.3. The lowest BCUT2D eigenvalue weighted by Gasteiger charge is -2.34. The van der Waals surface area contributed by atoms with Gasteiger partial charge in [-0.3, -0.25) is 9.59 Å². The van der Waals surface area contributed by atoms with E-state index in [2.05, 4.69) is 0 Å². The van der Waals surface area contributed by atoms with Crippen molar-refractivity contribution in [2.75, 3.05) is 39.9 Å². The van der Waals surface area contributed by atoms with Gasteiger partial charge >= 0.3 is 0 Å². The van der Waals surface area contributed by atoms with Gasteiger partial charge in [0.25, 0.3) is 5.91 Å². The van der Waals surface area contributed by atoms with Crippen molar-refractivity contribution in [3.05, 3.63) is 24.2 Å². The molecule has 0 atom stereocenters. The van der Waals surface area contributed by atoms with E-state index in [0.717, 1.165) is 0 Å². The molecule has 1 aliphatic heterocycles. The zero-order valence-electron chi connectivity index (χ0n) is 10.3. The Morgan fingerprint density at radius 2 is 2.33 bits per heavy atom. The Kier molecular flexibility index (Phi) is 3.99. The molecular weight excluding hydrogens is 236 g/mol. The van der Waals surface area contributed by atoms with Crippen molar-refractivity contribution in [1.29, 1.82) is 0 Å². The first kappa shape index (κ1) is 12.6. The third-order valence-corrected chi connectivity index (χ3v) is 2.94. The van der Waals surface area contributed by atoms with Gasteiger partial charge in [0, 0.05) is 26.7 Å². The van der Waals surface area contributed by atoms with Crippen LogP contribution in [0, 0.1) is 0 Å². The molecule has 0 bridgehead atoms. The van der Waals surface area contributed by atoms with Crippen molar-refractivity contribution in [2.24, 2.45) is 0 Å². The molecule has 0 aromatic carbocycles. The predicted octanol–water partition coefficient (Wildman–Crippen LogP) is 0.210. The highest BCUT2D eigenvalue weighted by atomic mass is 16.5. The smallest absolute Gasteiger partial charge is 0.257 e. The maximum Gasteiger partial charge on any atom is 0.257 e. The van der Waals surface area contributed by atoms with Gasteiger partial charge in [0.05, 0.1) is 18.4 Å². The second kappa shape index (κ2) is 5.68. The minimum atomic E-state index is -0.163. The molecule has 1 aromatic rings. The van der Waals surface area contributed by atoms with Crippen LogP contribution in [0.2, 0.25) is 0 Å². The van der Waals surface area contributed by atoms with Crippen molar-refractivity contribution in [2.45, 2.75) is 0 Å². The van der Waals surface area contributed by atoms with Gasteiger partial charge in [0.15, 0.2) is 0 Å². The van der Waals surface area contributed by atoms with E-state index >= 15 is 0 Å². The van der Waals surface area contributed by atoms with Crippen LogP contribution in [0.15, 0.2) is 23.0 Å². The molecule has 2 heterocycles. The summed E-state index contributed by atoms with van der Waals surface area (Å²) in [6.07, 6.45) is 2.84. The van der Waals surface area contributed by atoms with Gasteiger partial charge in [-0.15, -0.1) is 0 Å². The average Bonchev–Trinajstić information content (AvgIpc) is 2.90. The minimum absolute atomic E-state index is 0.0462. The number of amides is 2. The Morgan fingerprint density at radius 1 is 1.50 bits per heavy atom. The third kappa shape index (κ3) is 2.70. The Bertz CT molecular complexity index is 416. The van der Waals surface area contributed by atoms with Crippen LogP contribution in [0.1, 0.15) is 10.4 Å². The van der Waals surface area contributed by atoms with Crippen LogP contribution in [0.4, 0.5) is 0 Å². The van der Waals surface area contributed by atoms with Crippen LogP contribution >= 0.6 is 0 Å². The van der Waals surface area contributed by atoms with E-state index in [0.29, 0.717) is 31.8 Å². The van der Waals surface area contributed by atoms with Crippen LogP contribution in [0.5, 0.6) is 0 Å². The third-order valence-electron chi connectivity index (χ3n) is 2.94. The van der Waals surface area contributed by atoms with E-state index in [-0.39, 0.29) is 18.4 Å². The van der Waals surface area contributed by atoms with Crippen LogP contribution in [-0.2, 0) is 9.53 Å². The molecule has 2 rings (SSSR count). The predicted molar refractivity (Wildman–Crippen MR) is 63.1 cm³/mol. The number of nitrogens with zero attached hydrogens (tertiary/aromatic N) is 2. The topological polar surface area (TPSA) is 63.0 Å². The summed E-state index contributed by atoms with van der Waals surface area (Å²) in [7, 11) is 1.60. The van der Waals surface area contributed by atoms with Crippen LogP contribution in [0.25, 0.3) is 0 Å². The molecule has 6 heteroatoms. The second-order valence-electron chi connectivity index (χ2n) is 4.11. The fraction of sp³-hybridized carbons (Fsp3) is 0.500. The van der Waals surface area contributed by atoms with Crippen LogP contribution < -0.4 is 0 Å². The monoisotopic (exact) mass is 252 g/mol. The van der Waals surface area contributed by atoms with Crippen molar-refractivity contribution < 1.29 is 18.7 Å². The van der Waals surface area contributed by atoms with Crippen molar-refractivity contribution in [3.63, 3.8) is 0 Å². The first-order valence-electron chi connectivity index (χ1n) is 5.80. The van der Waals surface area contributed by atoms with Crippen molar-refractivity contribution in [3.8, 4) is 0 Å². The normalized spacial score (nSPS) is 16.2. The molecule has 0 aliphatic carbocycles. The molecule has 1 aromatic heterocycles. The number of piperazine rings is 1. The molecule has 0 spiro atoms. The SMILES string of the molecule is COCCN1CCN(C(=O)c2ccoc2)CC1=O. The van der Waals surface area contributed by atoms with E-state index in [9.17, 15) is 9.59 Å². The summed E-state index contributed by atoms with van der Waals surface area (Å²) < 4.78 is 9.81. The lowest BCUT2D eigenvalue weighted by Crippen LogP contribution is -2.52. The number of methoxy groups -OCH3 is 1. The summed E-state index contributed by atoms with van der Waals surface area (Å²) in [5, 5.41) is 0. The minimum Gasteiger partial charge on any atom is -0.472 e. The zero-order chi connectivity index (χ0) is 13.0. The molecule has 18 heavy (non-hydrogen) atoms. The maximum absolute atomic E-state index is 12.0. The number of furan rings is 1. The molecule has 98 valence electrons. The molecule has 0 radical (unpaired) electrons. The molecule has 0 N–H and O–H groups in total. The van der Waals surface area contributed by atoms with Gasteiger partial charge in [0.2, 0.25) is 5.91 Å². The lowest BCUT2D eigenvalue weighted by atomic mass is 10.2. The highest BCUT2D eigenvalue weighted by Gasteiger charge is 2.27. The number of carbonyl (C=O) groups excluding carboxylic acids is 2. The lowest BCUT2D eigenvalue weighted by molar-refractivity contribution is -0.135. The van der Waals surface area contributed by atoms with Gasteiger partial charge in [-0.05, 0) is 6.07 Å². The fourth-order valence-corrected chi connectivity index (χ4v) is 1.89. The molecular formula is C12H16N2O4. The Hall–Kier alpha value is -1.82. The maximum atomic E-state index is 12.0. The van der Waals surface area contributed by atoms with E-state index in [1.165, 1.54) is 17.4 Å². The summed E-state index contributed by atoms with van der Waals surface area (Å²) in [6.45, 7) is 2.30. The van der Waals surface area contributed by atoms with Gasteiger partial charge in [-0.2, -0.15) is 0 Å². The average molecular weight is 252 g/mol. The Morgan fingerprint density at radius 3 is 2.94 bits per heavy atom. The summed E-state index contributed by atoms with van der Waals surface area (Å²) in [4.78, 5) is 27.1. The van der Waals surface area contributed by atoms with E-state index in [1.807, 2.05) is 0 Å². The first-order valence-corrected chi connectivity index (χ1v) is 5.80. The van der Waals surface area contributed by atoms with Gasteiger partial charge < -0.3 is 19.0 Å². The van der Waals surface area contributed by atoms with E-state index in [4.69, 9.17) is 9.15 Å². The van der Waals surface area contributed by atoms with E-state index in [1.54, 1.807) is 18.1 Å². The number of carbonyl (C=O) groups is 2. The summed E-state index contributed by atoms with van der Waals surface area (Å²) in [5.74, 6) is -0.210. The second-order valence-corrected chi connectivity index (χ2v) is 4.11. The molecule has 0 saturated carbocycles. The Balaban J connectivity index is 1.92. The van der Waals surface area contributed by atoms with Gasteiger partial charge in [-0.1, -0.05) is 0 Å². The molecule has 1 aliphatic rings. The van der Waals surface area contributed by atoms with Crippen LogP contribution in [-0.4, -0.2) is 61.5 Å². The number of hydrogen-bond donors (Lipinski definition) is 0. The number of ether oxygens (including phenoxy) is 1. The fourth-order valence-electron chi connectivity index (χ4n) is 1.89. The molecule has 1 fully saturated rings. The Labute approximate surface area is 105 Å². The summed E-state index contributed by atoms with van der Waals surface area (Å²) in [6, 6.07) is 1.60. The highest BCUT2D eigenvalue weighted by molar-refractivity contribution is 5.96.